The minimum absolute atomic E-state index is 0.0330. The predicted octanol–water partition coefficient (Wildman–Crippen LogP) is 4.74. The molecule has 0 spiro atoms. The number of β-lactam (4-membered cyclic amide) rings is 1. The quantitative estimate of drug-likeness (QED) is 0.104. The summed E-state index contributed by atoms with van der Waals surface area (Å²) in [4.78, 5) is 68.3. The largest absolute Gasteiger partial charge is 0.454 e. The highest BCUT2D eigenvalue weighted by molar-refractivity contribution is 8.00. The molecule has 0 aromatic rings. The van der Waals surface area contributed by atoms with Crippen molar-refractivity contribution in [2.75, 3.05) is 25.5 Å². The van der Waals surface area contributed by atoms with Crippen molar-refractivity contribution < 1.29 is 37.9 Å². The summed E-state index contributed by atoms with van der Waals surface area (Å²) in [6.07, 6.45) is 5.57. The summed E-state index contributed by atoms with van der Waals surface area (Å²) in [5.74, 6) is -3.52. The first-order valence-corrected chi connectivity index (χ1v) is 19.1. The molecule has 0 unspecified atom stereocenters. The van der Waals surface area contributed by atoms with Gasteiger partial charge in [-0.1, -0.05) is 52.5 Å². The van der Waals surface area contributed by atoms with Gasteiger partial charge in [0, 0.05) is 24.3 Å². The lowest BCUT2D eigenvalue weighted by Gasteiger charge is -2.53. The third-order valence-electron chi connectivity index (χ3n) is 9.21. The molecule has 0 aromatic carbocycles. The number of esters is 1. The molecule has 0 bridgehead atoms. The highest BCUT2D eigenvalue weighted by Crippen LogP contribution is 2.45. The summed E-state index contributed by atoms with van der Waals surface area (Å²) in [6, 6.07) is -0.826. The molecule has 1 aliphatic carbocycles. The molecule has 3 rings (SSSR count). The van der Waals surface area contributed by atoms with Gasteiger partial charge in [0.25, 0.3) is 0 Å². The van der Waals surface area contributed by atoms with Crippen molar-refractivity contribution in [2.24, 2.45) is 11.8 Å². The van der Waals surface area contributed by atoms with E-state index >= 15 is 0 Å². The van der Waals surface area contributed by atoms with Gasteiger partial charge in [0.05, 0.1) is 23.3 Å². The van der Waals surface area contributed by atoms with Gasteiger partial charge in [0.15, 0.2) is 14.1 Å². The maximum absolute atomic E-state index is 14.0. The molecular weight excluding hydrogens is 589 g/mol. The molecule has 2 aliphatic heterocycles. The second-order valence-electron chi connectivity index (χ2n) is 13.1. The Morgan fingerprint density at radius 3 is 2.33 bits per heavy atom. The zero-order chi connectivity index (χ0) is 32.1. The van der Waals surface area contributed by atoms with Crippen LogP contribution in [0.1, 0.15) is 59.8 Å². The molecule has 3 amide bonds. The minimum Gasteiger partial charge on any atom is -0.454 e. The fourth-order valence-corrected chi connectivity index (χ4v) is 8.83. The van der Waals surface area contributed by atoms with E-state index in [1.54, 1.807) is 4.90 Å². The average molecular weight is 637 g/mol. The molecule has 6 atom stereocenters. The number of imide groups is 1. The van der Waals surface area contributed by atoms with Crippen LogP contribution < -0.4 is 0 Å². The third-order valence-corrected chi connectivity index (χ3v) is 15.2. The van der Waals surface area contributed by atoms with Crippen LogP contribution in [0.5, 0.6) is 0 Å². The van der Waals surface area contributed by atoms with Crippen molar-refractivity contribution in [1.82, 2.24) is 9.80 Å². The number of Topliss-reactive ketones (excluding diaryl/α,β-unsaturated/α-hetero) is 1. The summed E-state index contributed by atoms with van der Waals surface area (Å²) >= 11 is 1.52. The van der Waals surface area contributed by atoms with Gasteiger partial charge in [-0.05, 0) is 50.7 Å². The lowest BCUT2D eigenvalue weighted by atomic mass is 9.70. The molecule has 0 N–H and O–H groups in total. The van der Waals surface area contributed by atoms with E-state index in [2.05, 4.69) is 47.0 Å². The number of ether oxygens (including phenoxy) is 2. The van der Waals surface area contributed by atoms with Gasteiger partial charge < -0.3 is 18.8 Å². The van der Waals surface area contributed by atoms with Crippen LogP contribution in [0.4, 0.5) is 4.79 Å². The number of nitrogens with zero attached hydrogens (tertiary/aromatic N) is 2. The molecule has 3 aliphatic rings. The van der Waals surface area contributed by atoms with Crippen LogP contribution in [0.25, 0.3) is 0 Å². The number of hydrogen-bond donors (Lipinski definition) is 0. The van der Waals surface area contributed by atoms with E-state index in [1.165, 1.54) is 23.9 Å². The monoisotopic (exact) mass is 636 g/mol. The van der Waals surface area contributed by atoms with Crippen LogP contribution in [0, 0.1) is 11.8 Å². The first-order chi connectivity index (χ1) is 20.2. The number of carbonyl (C=O) groups is 5. The number of hydrogen-bond acceptors (Lipinski definition) is 9. The zero-order valence-corrected chi connectivity index (χ0v) is 28.3. The summed E-state index contributed by atoms with van der Waals surface area (Å²) in [6.45, 7) is 20.0. The zero-order valence-electron chi connectivity index (χ0n) is 26.5. The van der Waals surface area contributed by atoms with Crippen molar-refractivity contribution in [3.05, 3.63) is 25.3 Å². The first-order valence-electron chi connectivity index (χ1n) is 15.2. The van der Waals surface area contributed by atoms with Gasteiger partial charge in [0.1, 0.15) is 13.2 Å². The van der Waals surface area contributed by atoms with Crippen LogP contribution >= 0.6 is 11.8 Å². The summed E-state index contributed by atoms with van der Waals surface area (Å²) in [7, 11) is -2.29. The van der Waals surface area contributed by atoms with E-state index in [1.807, 2.05) is 6.92 Å². The summed E-state index contributed by atoms with van der Waals surface area (Å²) in [5.41, 5.74) is 0. The third kappa shape index (κ3) is 7.80. The van der Waals surface area contributed by atoms with Crippen molar-refractivity contribution in [1.29, 1.82) is 0 Å². The molecular formula is C31H48N2O8SSi. The Balaban J connectivity index is 1.80. The highest BCUT2D eigenvalue weighted by atomic mass is 32.2. The Labute approximate surface area is 261 Å². The molecule has 0 aromatic heterocycles. The molecule has 2 heterocycles. The number of likely N-dealkylation sites (tertiary alicyclic amines) is 2. The summed E-state index contributed by atoms with van der Waals surface area (Å²) in [5, 5.41) is -0.453. The second-order valence-corrected chi connectivity index (χ2v) is 19.1. The van der Waals surface area contributed by atoms with Gasteiger partial charge >= 0.3 is 18.0 Å². The molecule has 2 saturated heterocycles. The Hall–Kier alpha value is -2.44. The standard InChI is InChI=1S/C31H48N2O8SSi/c1-9-17-39-29(37)28(36)33-25(24(27(33)35)20(3)41-43(7,8)31(4,5)6)22-14-11-15-23(26(22)34)42-19-21-13-12-16-32(21)30(38)40-18-10-2/h9-10,20-25H,1-2,11-19H2,3-8H3/t20-,21+,22-,23+,24-,25-/m1/s1. The van der Waals surface area contributed by atoms with E-state index in [9.17, 15) is 24.0 Å². The van der Waals surface area contributed by atoms with Gasteiger partial charge in [-0.25, -0.2) is 9.59 Å². The van der Waals surface area contributed by atoms with Gasteiger partial charge in [-0.3, -0.25) is 19.3 Å². The van der Waals surface area contributed by atoms with Crippen molar-refractivity contribution in [2.45, 2.75) is 101 Å². The number of carbonyl (C=O) groups excluding carboxylic acids is 5. The molecule has 3 fully saturated rings. The Morgan fingerprint density at radius 1 is 1.05 bits per heavy atom. The predicted molar refractivity (Wildman–Crippen MR) is 168 cm³/mol. The Morgan fingerprint density at radius 2 is 1.70 bits per heavy atom. The van der Waals surface area contributed by atoms with E-state index < -0.39 is 50.1 Å². The second kappa shape index (κ2) is 14.6. The molecule has 43 heavy (non-hydrogen) atoms. The number of rotatable bonds is 11. The molecule has 240 valence electrons. The maximum atomic E-state index is 14.0. The van der Waals surface area contributed by atoms with E-state index in [4.69, 9.17) is 13.9 Å². The van der Waals surface area contributed by atoms with Gasteiger partial charge in [-0.15, -0.1) is 11.8 Å². The molecule has 1 saturated carbocycles. The van der Waals surface area contributed by atoms with Crippen molar-refractivity contribution >= 4 is 49.7 Å². The van der Waals surface area contributed by atoms with Gasteiger partial charge in [-0.2, -0.15) is 0 Å². The minimum atomic E-state index is -2.29. The highest BCUT2D eigenvalue weighted by Gasteiger charge is 2.60. The van der Waals surface area contributed by atoms with E-state index in [0.717, 1.165) is 24.2 Å². The van der Waals surface area contributed by atoms with Crippen LogP contribution in [0.2, 0.25) is 18.1 Å². The van der Waals surface area contributed by atoms with Crippen molar-refractivity contribution in [3.8, 4) is 0 Å². The van der Waals surface area contributed by atoms with Crippen LogP contribution in [-0.2, 0) is 33.1 Å². The van der Waals surface area contributed by atoms with E-state index in [0.29, 0.717) is 25.1 Å². The molecule has 10 nitrogen and oxygen atoms in total. The Kier molecular flexibility index (Phi) is 11.9. The smallest absolute Gasteiger partial charge is 0.410 e. The average Bonchev–Trinajstić information content (AvgIpc) is 3.40. The fraction of sp³-hybridized carbons (Fsp3) is 0.710. The normalized spacial score (nSPS) is 26.9. The lowest BCUT2D eigenvalue weighted by molar-refractivity contribution is -0.183. The fourth-order valence-electron chi connectivity index (χ4n) is 5.93. The molecule has 0 radical (unpaired) electrons. The van der Waals surface area contributed by atoms with Crippen LogP contribution in [0.15, 0.2) is 25.3 Å². The summed E-state index contributed by atoms with van der Waals surface area (Å²) < 4.78 is 16.8. The molecule has 12 heteroatoms. The Bertz CT molecular complexity index is 1110. The number of thioether (sulfide) groups is 1. The van der Waals surface area contributed by atoms with Crippen LogP contribution in [-0.4, -0.2) is 96.7 Å². The lowest BCUT2D eigenvalue weighted by Crippen LogP contribution is -2.72. The maximum Gasteiger partial charge on any atom is 0.410 e. The van der Waals surface area contributed by atoms with Gasteiger partial charge in [0.2, 0.25) is 5.91 Å². The number of ketones is 1. The first kappa shape index (κ1) is 35.0. The van der Waals surface area contributed by atoms with E-state index in [-0.39, 0.29) is 41.4 Å². The van der Waals surface area contributed by atoms with Crippen LogP contribution in [0.3, 0.4) is 0 Å². The topological polar surface area (TPSA) is 120 Å². The van der Waals surface area contributed by atoms with Crippen molar-refractivity contribution in [3.63, 3.8) is 0 Å². The SMILES string of the molecule is C=CCOC(=O)C(=O)N1C(=O)[C@H]([C@@H](C)O[Si](C)(C)C(C)(C)C)[C@H]1[C@H]1CCC[C@H](SC[C@@H]2CCCN2C(=O)OCC=C)C1=O. The number of amides is 3.